The third-order valence-corrected chi connectivity index (χ3v) is 2.53. The van der Waals surface area contributed by atoms with Crippen LogP contribution in [0.5, 0.6) is 0 Å². The average molecular weight is 266 g/mol. The number of carbonyl (C=O) groups excluding carboxylic acids is 1. The van der Waals surface area contributed by atoms with Crippen molar-refractivity contribution in [2.45, 2.75) is 6.92 Å². The summed E-state index contributed by atoms with van der Waals surface area (Å²) in [5.41, 5.74) is 1.18. The lowest BCUT2D eigenvalue weighted by Gasteiger charge is -2.07. The molecular formula is C11H12ClN5O. The molecule has 2 rings (SSSR count). The van der Waals surface area contributed by atoms with Gasteiger partial charge >= 0.3 is 0 Å². The minimum absolute atomic E-state index is 0.145. The molecule has 0 aliphatic rings. The molecule has 0 saturated heterocycles. The van der Waals surface area contributed by atoms with Crippen molar-refractivity contribution in [2.75, 3.05) is 14.1 Å². The van der Waals surface area contributed by atoms with E-state index in [9.17, 15) is 4.79 Å². The van der Waals surface area contributed by atoms with Gasteiger partial charge in [0.15, 0.2) is 11.5 Å². The van der Waals surface area contributed by atoms with E-state index >= 15 is 0 Å². The predicted octanol–water partition coefficient (Wildman–Crippen LogP) is 1.33. The van der Waals surface area contributed by atoms with Gasteiger partial charge in [0.25, 0.3) is 5.91 Å². The Bertz CT molecular complexity index is 593. The zero-order valence-corrected chi connectivity index (χ0v) is 11.0. The summed E-state index contributed by atoms with van der Waals surface area (Å²) in [6.07, 6.45) is 3.28. The van der Waals surface area contributed by atoms with Crippen LogP contribution in [0.2, 0.25) is 5.28 Å². The van der Waals surface area contributed by atoms with Crippen LogP contribution in [0, 0.1) is 6.92 Å². The Labute approximate surface area is 109 Å². The van der Waals surface area contributed by atoms with E-state index in [1.165, 1.54) is 9.58 Å². The zero-order chi connectivity index (χ0) is 13.3. The van der Waals surface area contributed by atoms with Crippen LogP contribution in [-0.4, -0.2) is 44.7 Å². The minimum Gasteiger partial charge on any atom is -0.343 e. The monoisotopic (exact) mass is 265 g/mol. The summed E-state index contributed by atoms with van der Waals surface area (Å²) >= 11 is 5.75. The van der Waals surface area contributed by atoms with Crippen LogP contribution in [0.25, 0.3) is 5.82 Å². The molecule has 0 radical (unpaired) electrons. The molecule has 0 N–H and O–H groups in total. The maximum absolute atomic E-state index is 11.7. The summed E-state index contributed by atoms with van der Waals surface area (Å²) in [5.74, 6) is 0.402. The summed E-state index contributed by atoms with van der Waals surface area (Å²) in [7, 11) is 3.35. The number of aryl methyl sites for hydroxylation is 1. The molecule has 0 bridgehead atoms. The van der Waals surface area contributed by atoms with E-state index in [0.29, 0.717) is 11.5 Å². The zero-order valence-electron chi connectivity index (χ0n) is 10.3. The first kappa shape index (κ1) is 12.5. The second-order valence-corrected chi connectivity index (χ2v) is 4.33. The van der Waals surface area contributed by atoms with E-state index in [4.69, 9.17) is 11.6 Å². The maximum atomic E-state index is 11.7. The number of hydrogen-bond acceptors (Lipinski definition) is 4. The number of hydrogen-bond donors (Lipinski definition) is 0. The van der Waals surface area contributed by atoms with E-state index in [1.54, 1.807) is 32.6 Å². The molecule has 2 heterocycles. The van der Waals surface area contributed by atoms with Crippen molar-refractivity contribution in [1.29, 1.82) is 0 Å². The molecule has 0 unspecified atom stereocenters. The number of halogens is 1. The van der Waals surface area contributed by atoms with Gasteiger partial charge in [-0.25, -0.2) is 9.67 Å². The fourth-order valence-corrected chi connectivity index (χ4v) is 1.56. The van der Waals surface area contributed by atoms with Crippen LogP contribution in [0.3, 0.4) is 0 Å². The molecule has 0 aliphatic heterocycles. The molecule has 94 valence electrons. The van der Waals surface area contributed by atoms with Gasteiger partial charge in [-0.05, 0) is 24.6 Å². The van der Waals surface area contributed by atoms with Crippen LogP contribution in [0.4, 0.5) is 0 Å². The topological polar surface area (TPSA) is 63.9 Å². The van der Waals surface area contributed by atoms with Crippen molar-refractivity contribution in [3.05, 3.63) is 35.0 Å². The Hall–Kier alpha value is -1.95. The molecule has 18 heavy (non-hydrogen) atoms. The molecule has 7 heteroatoms. The van der Waals surface area contributed by atoms with Gasteiger partial charge in [0.2, 0.25) is 5.28 Å². The second kappa shape index (κ2) is 4.73. The summed E-state index contributed by atoms with van der Waals surface area (Å²) in [6.45, 7) is 1.85. The van der Waals surface area contributed by atoms with Crippen LogP contribution in [0.15, 0.2) is 18.5 Å². The molecule has 2 aromatic rings. The van der Waals surface area contributed by atoms with Gasteiger partial charge in [-0.2, -0.15) is 10.1 Å². The first-order valence-electron chi connectivity index (χ1n) is 5.26. The molecule has 0 aromatic carbocycles. The molecule has 6 nitrogen and oxygen atoms in total. The second-order valence-electron chi connectivity index (χ2n) is 3.99. The van der Waals surface area contributed by atoms with Crippen molar-refractivity contribution in [1.82, 2.24) is 24.6 Å². The lowest BCUT2D eigenvalue weighted by atomic mass is 10.3. The Morgan fingerprint density at radius 1 is 1.44 bits per heavy atom. The molecule has 0 saturated carbocycles. The average Bonchev–Trinajstić information content (AvgIpc) is 2.80. The van der Waals surface area contributed by atoms with E-state index in [2.05, 4.69) is 15.1 Å². The highest BCUT2D eigenvalue weighted by molar-refractivity contribution is 6.28. The van der Waals surface area contributed by atoms with Crippen LogP contribution < -0.4 is 0 Å². The molecule has 1 amide bonds. The normalized spacial score (nSPS) is 10.4. The fraction of sp³-hybridized carbons (Fsp3) is 0.273. The minimum atomic E-state index is -0.161. The predicted molar refractivity (Wildman–Crippen MR) is 66.9 cm³/mol. The smallest absolute Gasteiger partial charge is 0.273 e. The number of amides is 1. The highest BCUT2D eigenvalue weighted by atomic mass is 35.5. The first-order chi connectivity index (χ1) is 8.49. The Balaban J connectivity index is 2.41. The molecule has 0 fully saturated rings. The SMILES string of the molecule is Cc1cnc(Cl)nc1-n1ccc(C(=O)N(C)C)n1. The van der Waals surface area contributed by atoms with E-state index in [0.717, 1.165) is 5.56 Å². The molecule has 2 aromatic heterocycles. The molecular weight excluding hydrogens is 254 g/mol. The van der Waals surface area contributed by atoms with Gasteiger partial charge in [0, 0.05) is 32.1 Å². The quantitative estimate of drug-likeness (QED) is 0.769. The van der Waals surface area contributed by atoms with Crippen molar-refractivity contribution < 1.29 is 4.79 Å². The number of rotatable bonds is 2. The van der Waals surface area contributed by atoms with Gasteiger partial charge in [0.1, 0.15) is 0 Å². The van der Waals surface area contributed by atoms with Gasteiger partial charge in [-0.15, -0.1) is 0 Å². The maximum Gasteiger partial charge on any atom is 0.273 e. The van der Waals surface area contributed by atoms with Gasteiger partial charge in [-0.1, -0.05) is 0 Å². The van der Waals surface area contributed by atoms with Crippen molar-refractivity contribution in [3.8, 4) is 5.82 Å². The summed E-state index contributed by atoms with van der Waals surface area (Å²) in [4.78, 5) is 21.2. The van der Waals surface area contributed by atoms with E-state index in [-0.39, 0.29) is 11.2 Å². The van der Waals surface area contributed by atoms with Gasteiger partial charge in [-0.3, -0.25) is 4.79 Å². The van der Waals surface area contributed by atoms with Gasteiger partial charge in [0.05, 0.1) is 0 Å². The third kappa shape index (κ3) is 2.33. The first-order valence-corrected chi connectivity index (χ1v) is 5.63. The Morgan fingerprint density at radius 3 is 2.83 bits per heavy atom. The Morgan fingerprint density at radius 2 is 2.17 bits per heavy atom. The van der Waals surface area contributed by atoms with Gasteiger partial charge < -0.3 is 4.90 Å². The Kier molecular flexibility index (Phi) is 3.29. The van der Waals surface area contributed by atoms with Crippen LogP contribution in [0.1, 0.15) is 16.1 Å². The van der Waals surface area contributed by atoms with E-state index in [1.807, 2.05) is 6.92 Å². The molecule has 0 aliphatic carbocycles. The highest BCUT2D eigenvalue weighted by Gasteiger charge is 2.13. The standard InChI is InChI=1S/C11H12ClN5O/c1-7-6-13-11(12)14-9(7)17-5-4-8(15-17)10(18)16(2)3/h4-6H,1-3H3. The fourth-order valence-electron chi connectivity index (χ4n) is 1.43. The lowest BCUT2D eigenvalue weighted by Crippen LogP contribution is -2.22. The number of nitrogens with zero attached hydrogens (tertiary/aromatic N) is 5. The highest BCUT2D eigenvalue weighted by Crippen LogP contribution is 2.12. The third-order valence-electron chi connectivity index (χ3n) is 2.35. The molecule has 0 atom stereocenters. The van der Waals surface area contributed by atoms with Crippen LogP contribution in [-0.2, 0) is 0 Å². The lowest BCUT2D eigenvalue weighted by molar-refractivity contribution is 0.0821. The number of carbonyl (C=O) groups is 1. The summed E-state index contributed by atoms with van der Waals surface area (Å²) in [5, 5.41) is 4.33. The summed E-state index contributed by atoms with van der Waals surface area (Å²) < 4.78 is 1.51. The van der Waals surface area contributed by atoms with Crippen molar-refractivity contribution in [2.24, 2.45) is 0 Å². The largest absolute Gasteiger partial charge is 0.343 e. The molecule has 0 spiro atoms. The summed E-state index contributed by atoms with van der Waals surface area (Å²) in [6, 6.07) is 1.64. The number of aromatic nitrogens is 4. The van der Waals surface area contributed by atoms with Crippen molar-refractivity contribution in [3.63, 3.8) is 0 Å². The van der Waals surface area contributed by atoms with Crippen LogP contribution >= 0.6 is 11.6 Å². The van der Waals surface area contributed by atoms with Crippen molar-refractivity contribution >= 4 is 17.5 Å². The van der Waals surface area contributed by atoms with E-state index < -0.39 is 0 Å².